The van der Waals surface area contributed by atoms with E-state index in [9.17, 15) is 13.2 Å². The number of nitrogens with zero attached hydrogens (tertiary/aromatic N) is 3. The summed E-state index contributed by atoms with van der Waals surface area (Å²) in [5, 5.41) is 6.47. The minimum atomic E-state index is -4.13. The second-order valence-corrected chi connectivity index (χ2v) is 6.21. The van der Waals surface area contributed by atoms with Gasteiger partial charge in [0.25, 0.3) is 0 Å². The van der Waals surface area contributed by atoms with E-state index in [0.717, 1.165) is 39.0 Å². The lowest BCUT2D eigenvalue weighted by molar-refractivity contribution is -0.143. The Labute approximate surface area is 166 Å². The van der Waals surface area contributed by atoms with Gasteiger partial charge in [0.05, 0.1) is 6.54 Å². The van der Waals surface area contributed by atoms with Gasteiger partial charge in [-0.05, 0) is 38.9 Å². The van der Waals surface area contributed by atoms with Crippen LogP contribution in [0.5, 0.6) is 0 Å². The van der Waals surface area contributed by atoms with Crippen molar-refractivity contribution in [1.29, 1.82) is 0 Å². The van der Waals surface area contributed by atoms with Crippen molar-refractivity contribution in [3.63, 3.8) is 0 Å². The van der Waals surface area contributed by atoms with E-state index in [1.807, 2.05) is 0 Å². The molecule has 0 aliphatic carbocycles. The highest BCUT2D eigenvalue weighted by molar-refractivity contribution is 14.0. The van der Waals surface area contributed by atoms with Crippen LogP contribution in [0.25, 0.3) is 0 Å². The van der Waals surface area contributed by atoms with Gasteiger partial charge in [-0.3, -0.25) is 9.89 Å². The predicted molar refractivity (Wildman–Crippen MR) is 108 cm³/mol. The highest BCUT2D eigenvalue weighted by Crippen LogP contribution is 2.19. The van der Waals surface area contributed by atoms with Crippen molar-refractivity contribution >= 4 is 29.9 Å². The van der Waals surface area contributed by atoms with Crippen molar-refractivity contribution < 1.29 is 13.2 Å². The zero-order valence-electron chi connectivity index (χ0n) is 15.5. The van der Waals surface area contributed by atoms with Gasteiger partial charge in [-0.2, -0.15) is 13.2 Å². The first-order valence-corrected chi connectivity index (χ1v) is 8.86. The number of hydrogen-bond donors (Lipinski definition) is 2. The van der Waals surface area contributed by atoms with E-state index in [-0.39, 0.29) is 30.0 Å². The maximum atomic E-state index is 12.4. The summed E-state index contributed by atoms with van der Waals surface area (Å²) in [7, 11) is 1.69. The molecule has 25 heavy (non-hydrogen) atoms. The number of nitrogens with one attached hydrogen (secondary N) is 2. The van der Waals surface area contributed by atoms with E-state index in [1.54, 1.807) is 7.05 Å². The molecule has 2 N–H and O–H groups in total. The standard InChI is InChI=1S/C16H32F3N5.HI/c1-4-23(5-2)10-7-6-9-21-15(20-3)22-14-8-11-24(12-14)13-16(17,18)19;/h14H,4-13H2,1-3H3,(H2,20,21,22);1H. The molecule has 1 fully saturated rings. The summed E-state index contributed by atoms with van der Waals surface area (Å²) in [6.07, 6.45) is -1.26. The minimum Gasteiger partial charge on any atom is -0.356 e. The number of alkyl halides is 3. The number of aliphatic imine (C=N–C) groups is 1. The third kappa shape index (κ3) is 11.1. The fourth-order valence-corrected chi connectivity index (χ4v) is 2.94. The molecule has 1 heterocycles. The average Bonchev–Trinajstić information content (AvgIpc) is 2.94. The molecule has 1 unspecified atom stereocenters. The lowest BCUT2D eigenvalue weighted by atomic mass is 10.2. The fraction of sp³-hybridized carbons (Fsp3) is 0.938. The van der Waals surface area contributed by atoms with Crippen molar-refractivity contribution in [2.45, 2.75) is 45.3 Å². The number of rotatable bonds is 9. The molecule has 0 radical (unpaired) electrons. The molecule has 0 spiro atoms. The van der Waals surface area contributed by atoms with Crippen LogP contribution in [-0.2, 0) is 0 Å². The number of hydrogen-bond acceptors (Lipinski definition) is 3. The summed E-state index contributed by atoms with van der Waals surface area (Å²) in [5.41, 5.74) is 0. The van der Waals surface area contributed by atoms with Crippen LogP contribution in [0, 0.1) is 0 Å². The van der Waals surface area contributed by atoms with E-state index in [1.165, 1.54) is 4.90 Å². The van der Waals surface area contributed by atoms with Crippen LogP contribution in [0.1, 0.15) is 33.1 Å². The van der Waals surface area contributed by atoms with E-state index in [2.05, 4.69) is 34.4 Å². The van der Waals surface area contributed by atoms with Gasteiger partial charge >= 0.3 is 6.18 Å². The summed E-state index contributed by atoms with van der Waals surface area (Å²) in [6, 6.07) is 0.0224. The van der Waals surface area contributed by atoms with Crippen LogP contribution in [0.3, 0.4) is 0 Å². The van der Waals surface area contributed by atoms with Gasteiger partial charge in [-0.1, -0.05) is 13.8 Å². The lowest BCUT2D eigenvalue weighted by Gasteiger charge is -2.20. The van der Waals surface area contributed by atoms with E-state index >= 15 is 0 Å². The van der Waals surface area contributed by atoms with Gasteiger partial charge in [-0.25, -0.2) is 0 Å². The smallest absolute Gasteiger partial charge is 0.356 e. The molecule has 0 aromatic heterocycles. The first-order chi connectivity index (χ1) is 11.4. The van der Waals surface area contributed by atoms with E-state index in [0.29, 0.717) is 25.5 Å². The Bertz CT molecular complexity index is 375. The Balaban J connectivity index is 0.00000576. The second kappa shape index (κ2) is 13.0. The summed E-state index contributed by atoms with van der Waals surface area (Å²) >= 11 is 0. The highest BCUT2D eigenvalue weighted by atomic mass is 127. The molecular weight excluding hydrogens is 446 g/mol. The first kappa shape index (κ1) is 24.7. The summed E-state index contributed by atoms with van der Waals surface area (Å²) in [5.74, 6) is 0.677. The van der Waals surface area contributed by atoms with Crippen molar-refractivity contribution in [3.8, 4) is 0 Å². The highest BCUT2D eigenvalue weighted by Gasteiger charge is 2.34. The van der Waals surface area contributed by atoms with E-state index < -0.39 is 12.7 Å². The summed E-state index contributed by atoms with van der Waals surface area (Å²) in [4.78, 5) is 7.99. The molecule has 1 aliphatic rings. The lowest BCUT2D eigenvalue weighted by Crippen LogP contribution is -2.45. The van der Waals surface area contributed by atoms with Crippen LogP contribution in [0.2, 0.25) is 0 Å². The molecule has 1 saturated heterocycles. The Hall–Kier alpha value is -0.290. The zero-order valence-corrected chi connectivity index (χ0v) is 17.9. The maximum absolute atomic E-state index is 12.4. The molecule has 1 rings (SSSR count). The molecular formula is C16H33F3IN5. The van der Waals surface area contributed by atoms with Gasteiger partial charge in [0.2, 0.25) is 0 Å². The molecule has 5 nitrogen and oxygen atoms in total. The maximum Gasteiger partial charge on any atom is 0.401 e. The Kier molecular flexibility index (Phi) is 12.8. The average molecular weight is 479 g/mol. The largest absolute Gasteiger partial charge is 0.401 e. The van der Waals surface area contributed by atoms with Gasteiger partial charge in [0, 0.05) is 32.7 Å². The van der Waals surface area contributed by atoms with Crippen molar-refractivity contribution in [2.24, 2.45) is 4.99 Å². The number of likely N-dealkylation sites (tertiary alicyclic amines) is 1. The van der Waals surface area contributed by atoms with Crippen LogP contribution < -0.4 is 10.6 Å². The number of guanidine groups is 1. The van der Waals surface area contributed by atoms with Crippen molar-refractivity contribution in [3.05, 3.63) is 0 Å². The fourth-order valence-electron chi connectivity index (χ4n) is 2.94. The van der Waals surface area contributed by atoms with Gasteiger partial charge in [-0.15, -0.1) is 24.0 Å². The SMILES string of the molecule is CCN(CC)CCCCNC(=NC)NC1CCN(CC(F)(F)F)C1.I. The molecule has 150 valence electrons. The molecule has 1 atom stereocenters. The van der Waals surface area contributed by atoms with Crippen molar-refractivity contribution in [1.82, 2.24) is 20.4 Å². The summed E-state index contributed by atoms with van der Waals surface area (Å²) < 4.78 is 37.2. The third-order valence-electron chi connectivity index (χ3n) is 4.33. The molecule has 0 amide bonds. The Morgan fingerprint density at radius 1 is 1.24 bits per heavy atom. The number of halogens is 4. The van der Waals surface area contributed by atoms with Crippen molar-refractivity contribution in [2.75, 3.05) is 52.9 Å². The minimum absolute atomic E-state index is 0. The second-order valence-electron chi connectivity index (χ2n) is 6.21. The monoisotopic (exact) mass is 479 g/mol. The first-order valence-electron chi connectivity index (χ1n) is 8.86. The third-order valence-corrected chi connectivity index (χ3v) is 4.33. The Morgan fingerprint density at radius 3 is 2.48 bits per heavy atom. The van der Waals surface area contributed by atoms with Crippen LogP contribution in [0.15, 0.2) is 4.99 Å². The molecule has 0 saturated carbocycles. The zero-order chi connectivity index (χ0) is 18.0. The molecule has 9 heteroatoms. The van der Waals surface area contributed by atoms with Crippen LogP contribution in [-0.4, -0.2) is 80.8 Å². The molecule has 0 aromatic rings. The predicted octanol–water partition coefficient (Wildman–Crippen LogP) is 2.53. The molecule has 0 aromatic carbocycles. The summed E-state index contributed by atoms with van der Waals surface area (Å²) in [6.45, 7) is 8.43. The van der Waals surface area contributed by atoms with E-state index in [4.69, 9.17) is 0 Å². The van der Waals surface area contributed by atoms with Gasteiger partial charge in [0.15, 0.2) is 5.96 Å². The number of unbranched alkanes of at least 4 members (excludes halogenated alkanes) is 1. The van der Waals surface area contributed by atoms with Crippen LogP contribution >= 0.6 is 24.0 Å². The Morgan fingerprint density at radius 2 is 1.92 bits per heavy atom. The van der Waals surface area contributed by atoms with Gasteiger partial charge in [0.1, 0.15) is 0 Å². The quantitative estimate of drug-likeness (QED) is 0.231. The topological polar surface area (TPSA) is 42.9 Å². The normalized spacial score (nSPS) is 19.2. The molecule has 0 bridgehead atoms. The van der Waals surface area contributed by atoms with Crippen LogP contribution in [0.4, 0.5) is 13.2 Å². The van der Waals surface area contributed by atoms with Gasteiger partial charge < -0.3 is 15.5 Å². The molecule has 1 aliphatic heterocycles.